The van der Waals surface area contributed by atoms with Crippen molar-refractivity contribution in [3.05, 3.63) is 214 Å². The number of nitrogens with one attached hydrogen (secondary N) is 4. The number of aryl methyl sites for hydroxylation is 1. The number of rotatable bonds is 30. The molecule has 12 rings (SSSR count). The van der Waals surface area contributed by atoms with Crippen LogP contribution in [0.15, 0.2) is 164 Å². The summed E-state index contributed by atoms with van der Waals surface area (Å²) >= 11 is 0. The maximum absolute atomic E-state index is 13.9. The number of nitrogens with zero attached hydrogens (tertiary/aromatic N) is 8. The van der Waals surface area contributed by atoms with Crippen LogP contribution in [-0.4, -0.2) is 191 Å². The van der Waals surface area contributed by atoms with Crippen molar-refractivity contribution in [2.75, 3.05) is 101 Å². The van der Waals surface area contributed by atoms with Gasteiger partial charge >= 0.3 is 42.4 Å². The Balaban J connectivity index is 0.000000191. The first-order valence-electron chi connectivity index (χ1n) is 45.2. The largest absolute Gasteiger partial charge is 0.465 e. The smallest absolute Gasteiger partial charge is 0.416 e. The summed E-state index contributed by atoms with van der Waals surface area (Å²) in [7, 11) is 1.35. The van der Waals surface area contributed by atoms with Gasteiger partial charge in [0.05, 0.1) is 23.8 Å². The normalized spacial score (nSPS) is 16.4. The van der Waals surface area contributed by atoms with Crippen LogP contribution in [0.3, 0.4) is 0 Å². The number of ether oxygens (including phenoxy) is 3. The number of alkyl halides is 6. The fourth-order valence-electron chi connectivity index (χ4n) is 17.2. The van der Waals surface area contributed by atoms with Crippen LogP contribution in [0.5, 0.6) is 11.5 Å². The lowest BCUT2D eigenvalue weighted by atomic mass is 10.00. The topological polar surface area (TPSA) is 187 Å². The first-order chi connectivity index (χ1) is 60.4. The van der Waals surface area contributed by atoms with Gasteiger partial charge in [-0.2, -0.15) is 26.3 Å². The molecule has 20 nitrogen and oxygen atoms in total. The molecule has 7 aromatic rings. The van der Waals surface area contributed by atoms with E-state index in [1.54, 1.807) is 46.2 Å². The molecule has 688 valence electrons. The van der Waals surface area contributed by atoms with E-state index in [2.05, 4.69) is 114 Å². The molecule has 4 N–H and O–H groups in total. The molecule has 0 radical (unpaired) electrons. The molecule has 7 aromatic carbocycles. The molecule has 126 heavy (non-hydrogen) atoms. The Morgan fingerprint density at radius 1 is 0.421 bits per heavy atom. The van der Waals surface area contributed by atoms with Gasteiger partial charge in [-0.25, -0.2) is 32.8 Å². The number of unbranched alkanes of at least 4 members (excludes halogenated alkanes) is 2. The van der Waals surface area contributed by atoms with Crippen molar-refractivity contribution in [2.45, 2.75) is 252 Å². The average molecular weight is 1760 g/mol. The fourth-order valence-corrected chi connectivity index (χ4v) is 17.2. The molecule has 4 saturated heterocycles. The van der Waals surface area contributed by atoms with Crippen LogP contribution < -0.4 is 30.7 Å². The highest BCUT2D eigenvalue weighted by atomic mass is 19.4. The number of halogens is 8. The van der Waals surface area contributed by atoms with Crippen LogP contribution in [0.2, 0.25) is 0 Å². The lowest BCUT2D eigenvalue weighted by Gasteiger charge is -2.40. The zero-order chi connectivity index (χ0) is 90.9. The molecule has 5 heterocycles. The molecule has 0 aromatic heterocycles. The third-order valence-electron chi connectivity index (χ3n) is 24.4. The molecule has 0 bridgehead atoms. The zero-order valence-electron chi connectivity index (χ0n) is 75.1. The number of anilines is 4. The van der Waals surface area contributed by atoms with Gasteiger partial charge in [0.2, 0.25) is 6.79 Å². The van der Waals surface area contributed by atoms with E-state index in [4.69, 9.17) is 14.2 Å². The summed E-state index contributed by atoms with van der Waals surface area (Å²) in [4.78, 5) is 81.9. The monoisotopic (exact) mass is 1760 g/mol. The minimum absolute atomic E-state index is 0.000454. The highest BCUT2D eigenvalue weighted by Gasteiger charge is 2.38. The number of fused-ring (bicyclic) bond motifs is 1. The summed E-state index contributed by atoms with van der Waals surface area (Å²) in [5.74, 6) is -1.32. The minimum Gasteiger partial charge on any atom is -0.465 e. The summed E-state index contributed by atoms with van der Waals surface area (Å²) in [6.07, 6.45) is 8.70. The number of methoxy groups -OCH3 is 1. The zero-order valence-corrected chi connectivity index (χ0v) is 75.1. The Bertz CT molecular complexity index is 4500. The number of amides is 8. The van der Waals surface area contributed by atoms with Crippen LogP contribution in [0.1, 0.15) is 215 Å². The van der Waals surface area contributed by atoms with Crippen molar-refractivity contribution in [1.82, 2.24) is 39.2 Å². The number of likely N-dealkylation sites (tertiary alicyclic amines) is 4. The molecule has 0 spiro atoms. The van der Waals surface area contributed by atoms with Gasteiger partial charge in [-0.3, -0.25) is 0 Å². The number of carbonyl (C=O) groups is 5. The molecule has 4 fully saturated rings. The highest BCUT2D eigenvalue weighted by molar-refractivity contribution is 5.94. The van der Waals surface area contributed by atoms with Gasteiger partial charge in [0.15, 0.2) is 11.5 Å². The SMILES string of the molecule is CCCC(C)N1CCC(N(Cc2ccccc2)C(=O)Nc2cccc(C(=O)OC)c2)CC1.CCCC(C)N1CCC(N(Cc2ccccc2)C(=O)Nc2cccc(C)c2)CC1.CCCCN(C(=O)Nc1cc(F)cc(C(F)(F)F)c1)C1CCN(C(C)CCC)CC1.CCCCN1CCC(N(Cc2ccc3c(c2)OCO3)C(=O)Nc2cc(F)cc(C(F)(F)F)c2)CC1. The van der Waals surface area contributed by atoms with Crippen molar-refractivity contribution in [3.8, 4) is 11.5 Å². The number of urea groups is 4. The number of hydrogen-bond donors (Lipinski definition) is 4. The van der Waals surface area contributed by atoms with Crippen LogP contribution in [0, 0.1) is 18.6 Å². The lowest BCUT2D eigenvalue weighted by molar-refractivity contribution is -0.138. The maximum Gasteiger partial charge on any atom is 0.416 e. The van der Waals surface area contributed by atoms with Gasteiger partial charge in [0.25, 0.3) is 0 Å². The van der Waals surface area contributed by atoms with E-state index in [1.165, 1.54) is 38.4 Å². The number of hydrogen-bond acceptors (Lipinski definition) is 12. The van der Waals surface area contributed by atoms with Gasteiger partial charge in [-0.05, 0) is 219 Å². The molecular weight excluding hydrogens is 1630 g/mol. The number of benzene rings is 7. The van der Waals surface area contributed by atoms with Gasteiger partial charge in [0, 0.05) is 144 Å². The van der Waals surface area contributed by atoms with Crippen molar-refractivity contribution in [2.24, 2.45) is 0 Å². The maximum atomic E-state index is 13.9. The molecular formula is C98H132F8N12O8. The van der Waals surface area contributed by atoms with Crippen LogP contribution in [0.25, 0.3) is 0 Å². The summed E-state index contributed by atoms with van der Waals surface area (Å²) in [6, 6.07) is 45.7. The van der Waals surface area contributed by atoms with Gasteiger partial charge in [-0.1, -0.05) is 152 Å². The molecule has 5 aliphatic heterocycles. The Kier molecular flexibility index (Phi) is 39.5. The third-order valence-corrected chi connectivity index (χ3v) is 24.4. The van der Waals surface area contributed by atoms with E-state index in [-0.39, 0.29) is 60.9 Å². The van der Waals surface area contributed by atoms with E-state index >= 15 is 0 Å². The molecule has 8 amide bonds. The molecule has 0 aliphatic carbocycles. The van der Waals surface area contributed by atoms with E-state index < -0.39 is 53.1 Å². The predicted molar refractivity (Wildman–Crippen MR) is 483 cm³/mol. The second-order valence-electron chi connectivity index (χ2n) is 33.8. The highest BCUT2D eigenvalue weighted by Crippen LogP contribution is 2.37. The summed E-state index contributed by atoms with van der Waals surface area (Å²) in [5, 5.41) is 11.1. The average Bonchev–Trinajstić information content (AvgIpc) is 1.34. The Morgan fingerprint density at radius 2 is 0.810 bits per heavy atom. The number of esters is 1. The van der Waals surface area contributed by atoms with Gasteiger partial charge in [-0.15, -0.1) is 0 Å². The molecule has 3 atom stereocenters. The minimum atomic E-state index is -4.72. The van der Waals surface area contributed by atoms with Crippen molar-refractivity contribution < 1.29 is 73.3 Å². The van der Waals surface area contributed by atoms with E-state index in [9.17, 15) is 59.1 Å². The quantitative estimate of drug-likeness (QED) is 0.0247. The predicted octanol–water partition coefficient (Wildman–Crippen LogP) is 22.8. The number of piperidine rings is 4. The van der Waals surface area contributed by atoms with Crippen LogP contribution in [0.4, 0.5) is 77.1 Å². The second-order valence-corrected chi connectivity index (χ2v) is 33.8. The molecule has 0 saturated carbocycles. The van der Waals surface area contributed by atoms with E-state index in [0.29, 0.717) is 72.6 Å². The van der Waals surface area contributed by atoms with Crippen LogP contribution in [-0.2, 0) is 36.7 Å². The summed E-state index contributed by atoms with van der Waals surface area (Å²) < 4.78 is 121. The first kappa shape index (κ1) is 99.7. The standard InChI is InChI=1S/C26H35N3O3.C25H29F4N3O3.C25H35N3O.C22H33F4N3O/c1-4-9-20(2)28-16-14-24(15-17-28)29(19-21-10-6-5-7-11-21)26(31)27-23-13-8-12-22(18-23)25(30)32-3;1-2-3-8-31-9-6-21(7-10-31)32(15-17-4-5-22-23(11-17)35-16-34-22)24(33)30-20-13-18(25(27,28)29)12-19(26)14-20;1-4-9-21(3)27-16-14-24(15-17-27)28(19-22-11-6-5-7-12-22)25(29)26-23-13-8-10-20(2)18-23;1-4-6-10-29(20-8-11-28(12-9-20)16(3)7-5-2)21(30)27-19-14-17(22(24,25)26)13-18(23)15-19/h5-8,10-13,18,20,24H,4,9,14-17,19H2,1-3H3,(H,27,31);4-5,11-14,21H,2-3,6-10,15-16H2,1H3,(H,30,33);5-8,10-13,18,21,24H,4,9,14-17,19H2,1-3H3,(H,26,29);13-16,20H,4-12H2,1-3H3,(H,27,30). The third kappa shape index (κ3) is 31.2. The van der Waals surface area contributed by atoms with Gasteiger partial charge < -0.3 is 74.7 Å². The van der Waals surface area contributed by atoms with E-state index in [1.807, 2.05) is 90.4 Å². The Morgan fingerprint density at radius 3 is 1.22 bits per heavy atom. The second kappa shape index (κ2) is 49.9. The Hall–Kier alpha value is -10.0. The molecule has 3 unspecified atom stereocenters. The summed E-state index contributed by atoms with van der Waals surface area (Å²) in [5.41, 5.74) is 3.41. The number of carbonyl (C=O) groups excluding carboxylic acids is 5. The molecule has 28 heteroatoms. The fraction of sp³-hybridized carbons (Fsp3) is 0.520. The first-order valence-corrected chi connectivity index (χ1v) is 45.2. The van der Waals surface area contributed by atoms with Crippen molar-refractivity contribution in [1.29, 1.82) is 0 Å². The summed E-state index contributed by atoms with van der Waals surface area (Å²) in [6.45, 7) is 30.3. The lowest BCUT2D eigenvalue weighted by Crippen LogP contribution is -2.50. The van der Waals surface area contributed by atoms with E-state index in [0.717, 1.165) is 195 Å². The van der Waals surface area contributed by atoms with Crippen molar-refractivity contribution in [3.63, 3.8) is 0 Å². The Labute approximate surface area is 740 Å². The van der Waals surface area contributed by atoms with Gasteiger partial charge in [0.1, 0.15) is 11.6 Å². The van der Waals surface area contributed by atoms with Crippen molar-refractivity contribution >= 4 is 52.8 Å². The molecule has 5 aliphatic rings. The van der Waals surface area contributed by atoms with Crippen LogP contribution >= 0.6 is 0 Å².